The van der Waals surface area contributed by atoms with Crippen molar-refractivity contribution in [2.45, 2.75) is 0 Å². The van der Waals surface area contributed by atoms with Gasteiger partial charge in [0, 0.05) is 51.7 Å². The fraction of sp³-hybridized carbons (Fsp3) is 0. The molecule has 5 aromatic heterocycles. The second-order valence-corrected chi connectivity index (χ2v) is 12.4. The van der Waals surface area contributed by atoms with Crippen molar-refractivity contribution in [3.05, 3.63) is 170 Å². The molecule has 0 fully saturated rings. The Labute approximate surface area is 287 Å². The molecule has 0 atom stereocenters. The maximum atomic E-state index is 5.04. The quantitative estimate of drug-likeness (QED) is 0.188. The molecular formula is C44H28N6. The van der Waals surface area contributed by atoms with E-state index in [1.165, 1.54) is 32.4 Å². The molecule has 5 aromatic carbocycles. The van der Waals surface area contributed by atoms with Gasteiger partial charge < -0.3 is 9.13 Å². The molecule has 0 radical (unpaired) electrons. The van der Waals surface area contributed by atoms with Crippen LogP contribution in [-0.4, -0.2) is 29.1 Å². The minimum atomic E-state index is 0.617. The van der Waals surface area contributed by atoms with Crippen LogP contribution in [0.2, 0.25) is 0 Å². The van der Waals surface area contributed by atoms with Gasteiger partial charge in [0.1, 0.15) is 0 Å². The number of fused-ring (bicyclic) bond motifs is 6. The molecule has 0 amide bonds. The van der Waals surface area contributed by atoms with E-state index >= 15 is 0 Å². The Balaban J connectivity index is 1.18. The zero-order valence-electron chi connectivity index (χ0n) is 26.8. The average molecular weight is 641 g/mol. The largest absolute Gasteiger partial charge is 0.317 e. The van der Waals surface area contributed by atoms with Crippen LogP contribution in [0.15, 0.2) is 170 Å². The molecule has 0 bridgehead atoms. The van der Waals surface area contributed by atoms with Crippen LogP contribution in [0.4, 0.5) is 0 Å². The maximum absolute atomic E-state index is 5.04. The summed E-state index contributed by atoms with van der Waals surface area (Å²) in [5.41, 5.74) is 9.62. The number of para-hydroxylation sites is 2. The van der Waals surface area contributed by atoms with Gasteiger partial charge in [0.05, 0.1) is 39.3 Å². The molecular weight excluding hydrogens is 613 g/mol. The molecule has 10 aromatic rings. The first kappa shape index (κ1) is 28.1. The van der Waals surface area contributed by atoms with Crippen LogP contribution in [0.5, 0.6) is 0 Å². The van der Waals surface area contributed by atoms with Gasteiger partial charge in [-0.2, -0.15) is 0 Å². The predicted molar refractivity (Wildman–Crippen MR) is 203 cm³/mol. The molecule has 10 rings (SSSR count). The first-order valence-corrected chi connectivity index (χ1v) is 16.6. The van der Waals surface area contributed by atoms with E-state index in [4.69, 9.17) is 9.97 Å². The lowest BCUT2D eigenvalue weighted by molar-refractivity contribution is 1.13. The van der Waals surface area contributed by atoms with Gasteiger partial charge in [-0.15, -0.1) is 0 Å². The van der Waals surface area contributed by atoms with E-state index in [1.807, 2.05) is 42.5 Å². The summed E-state index contributed by atoms with van der Waals surface area (Å²) in [7, 11) is 0. The summed E-state index contributed by atoms with van der Waals surface area (Å²) < 4.78 is 4.62. The van der Waals surface area contributed by atoms with Gasteiger partial charge in [-0.3, -0.25) is 9.97 Å². The number of pyridine rings is 2. The normalized spacial score (nSPS) is 11.6. The van der Waals surface area contributed by atoms with Crippen molar-refractivity contribution in [2.75, 3.05) is 0 Å². The minimum absolute atomic E-state index is 0.617. The summed E-state index contributed by atoms with van der Waals surface area (Å²) in [6, 6.07) is 52.7. The van der Waals surface area contributed by atoms with Gasteiger partial charge in [-0.1, -0.05) is 66.7 Å². The van der Waals surface area contributed by atoms with Crippen LogP contribution in [0.3, 0.4) is 0 Å². The smallest absolute Gasteiger partial charge is 0.160 e. The number of benzene rings is 5. The Morgan fingerprint density at radius 2 is 1.10 bits per heavy atom. The first-order valence-electron chi connectivity index (χ1n) is 16.6. The first-order chi connectivity index (χ1) is 24.8. The van der Waals surface area contributed by atoms with E-state index in [0.717, 1.165) is 50.7 Å². The molecule has 0 unspecified atom stereocenters. The highest BCUT2D eigenvalue weighted by Gasteiger charge is 2.17. The summed E-state index contributed by atoms with van der Waals surface area (Å²) in [4.78, 5) is 19.3. The Bertz CT molecular complexity index is 2800. The molecule has 0 N–H and O–H groups in total. The molecule has 234 valence electrons. The minimum Gasteiger partial charge on any atom is -0.317 e. The summed E-state index contributed by atoms with van der Waals surface area (Å²) >= 11 is 0. The van der Waals surface area contributed by atoms with Crippen LogP contribution in [0, 0.1) is 0 Å². The third kappa shape index (κ3) is 4.58. The summed E-state index contributed by atoms with van der Waals surface area (Å²) in [5.74, 6) is 0.617. The van der Waals surface area contributed by atoms with Crippen molar-refractivity contribution in [2.24, 2.45) is 0 Å². The number of nitrogens with zero attached hydrogens (tertiary/aromatic N) is 6. The molecule has 0 saturated heterocycles. The Morgan fingerprint density at radius 3 is 1.86 bits per heavy atom. The van der Waals surface area contributed by atoms with Crippen LogP contribution < -0.4 is 0 Å². The third-order valence-electron chi connectivity index (χ3n) is 9.46. The van der Waals surface area contributed by atoms with Crippen LogP contribution in [0.25, 0.3) is 89.0 Å². The van der Waals surface area contributed by atoms with E-state index in [1.54, 1.807) is 12.4 Å². The average Bonchev–Trinajstić information content (AvgIpc) is 3.77. The Morgan fingerprint density at radius 1 is 0.400 bits per heavy atom. The topological polar surface area (TPSA) is 61.4 Å². The Kier molecular flexibility index (Phi) is 6.39. The molecule has 50 heavy (non-hydrogen) atoms. The summed E-state index contributed by atoms with van der Waals surface area (Å²) in [5, 5.41) is 6.08. The third-order valence-corrected chi connectivity index (χ3v) is 9.46. The fourth-order valence-electron chi connectivity index (χ4n) is 7.16. The number of aromatic nitrogens is 6. The molecule has 0 aliphatic rings. The summed E-state index contributed by atoms with van der Waals surface area (Å²) in [6.07, 6.45) is 5.74. The molecule has 0 saturated carbocycles. The van der Waals surface area contributed by atoms with Crippen LogP contribution >= 0.6 is 0 Å². The van der Waals surface area contributed by atoms with Gasteiger partial charge in [0.15, 0.2) is 5.82 Å². The van der Waals surface area contributed by atoms with Crippen molar-refractivity contribution in [3.63, 3.8) is 0 Å². The monoisotopic (exact) mass is 640 g/mol. The highest BCUT2D eigenvalue weighted by Crippen LogP contribution is 2.38. The van der Waals surface area contributed by atoms with Crippen LogP contribution in [0.1, 0.15) is 0 Å². The Hall–Kier alpha value is -6.92. The second-order valence-electron chi connectivity index (χ2n) is 12.4. The van der Waals surface area contributed by atoms with E-state index < -0.39 is 0 Å². The van der Waals surface area contributed by atoms with E-state index in [-0.39, 0.29) is 0 Å². The van der Waals surface area contributed by atoms with Gasteiger partial charge in [0.25, 0.3) is 0 Å². The maximum Gasteiger partial charge on any atom is 0.160 e. The van der Waals surface area contributed by atoms with Crippen molar-refractivity contribution < 1.29 is 0 Å². The highest BCUT2D eigenvalue weighted by molar-refractivity contribution is 6.18. The number of hydrogen-bond donors (Lipinski definition) is 0. The zero-order chi connectivity index (χ0) is 33.0. The van der Waals surface area contributed by atoms with Crippen molar-refractivity contribution >= 4 is 43.5 Å². The molecule has 6 nitrogen and oxygen atoms in total. The predicted octanol–water partition coefficient (Wildman–Crippen LogP) is 10.5. The van der Waals surface area contributed by atoms with Crippen molar-refractivity contribution in [1.82, 2.24) is 29.1 Å². The highest BCUT2D eigenvalue weighted by atomic mass is 15.0. The lowest BCUT2D eigenvalue weighted by atomic mass is 10.0. The van der Waals surface area contributed by atoms with E-state index in [0.29, 0.717) is 5.82 Å². The van der Waals surface area contributed by atoms with Gasteiger partial charge in [-0.05, 0) is 95.7 Å². The van der Waals surface area contributed by atoms with Gasteiger partial charge in [0.2, 0.25) is 0 Å². The SMILES string of the molecule is c1ccc(-n2ccc3c4cc5c(cc4ccc32)c2ccccc2n5-c2cccc(-c3nc(-c4ccccn4)cc(-c4ccccn4)n3)c2)cc1. The van der Waals surface area contributed by atoms with Gasteiger partial charge >= 0.3 is 0 Å². The second kappa shape index (κ2) is 11.4. The lowest BCUT2D eigenvalue weighted by Crippen LogP contribution is -1.99. The van der Waals surface area contributed by atoms with E-state index in [9.17, 15) is 0 Å². The molecule has 0 aliphatic heterocycles. The summed E-state index contributed by atoms with van der Waals surface area (Å²) in [6.45, 7) is 0. The lowest BCUT2D eigenvalue weighted by Gasteiger charge is -2.12. The van der Waals surface area contributed by atoms with Crippen molar-refractivity contribution in [3.8, 4) is 45.5 Å². The number of rotatable bonds is 5. The fourth-order valence-corrected chi connectivity index (χ4v) is 7.16. The molecule has 0 spiro atoms. The number of hydrogen-bond acceptors (Lipinski definition) is 4. The van der Waals surface area contributed by atoms with E-state index in [2.05, 4.69) is 134 Å². The van der Waals surface area contributed by atoms with Crippen molar-refractivity contribution in [1.29, 1.82) is 0 Å². The van der Waals surface area contributed by atoms with Gasteiger partial charge in [-0.25, -0.2) is 9.97 Å². The molecule has 0 aliphatic carbocycles. The van der Waals surface area contributed by atoms with Crippen LogP contribution in [-0.2, 0) is 0 Å². The molecule has 5 heterocycles. The zero-order valence-corrected chi connectivity index (χ0v) is 26.8. The standard InChI is InChI=1S/C44H28N6/c1-2-12-31(13-3-1)49-24-21-34-35-27-43-36(26-29(35)19-20-41(34)49)33-15-4-5-18-42(33)50(43)32-14-10-11-30(25-32)44-47-39(37-16-6-8-22-45-37)28-40(48-44)38-17-7-9-23-46-38/h1-28H. The molecule has 6 heteroatoms.